The molecule has 2 rings (SSSR count). The Kier molecular flexibility index (Phi) is 2.82. The van der Waals surface area contributed by atoms with E-state index in [-0.39, 0.29) is 17.6 Å². The topological polar surface area (TPSA) is 64.4 Å². The summed E-state index contributed by atoms with van der Waals surface area (Å²) < 4.78 is 45.2. The van der Waals surface area contributed by atoms with Gasteiger partial charge in [-0.25, -0.2) is 4.79 Å². The van der Waals surface area contributed by atoms with Crippen LogP contribution in [-0.4, -0.2) is 30.2 Å². The molecule has 0 bridgehead atoms. The van der Waals surface area contributed by atoms with E-state index in [1.807, 2.05) is 0 Å². The van der Waals surface area contributed by atoms with Gasteiger partial charge in [0, 0.05) is 13.1 Å². The van der Waals surface area contributed by atoms with E-state index in [0.29, 0.717) is 13.1 Å². The molecule has 5 nitrogen and oxygen atoms in total. The Balaban J connectivity index is 2.10. The van der Waals surface area contributed by atoms with Gasteiger partial charge in [0.15, 0.2) is 5.76 Å². The third kappa shape index (κ3) is 2.41. The van der Waals surface area contributed by atoms with Gasteiger partial charge in [-0.05, 0) is 6.92 Å². The lowest BCUT2D eigenvalue weighted by molar-refractivity contribution is -0.190. The van der Waals surface area contributed by atoms with E-state index in [2.05, 4.69) is 15.0 Å². The normalized spacial score (nSPS) is 16.7. The van der Waals surface area contributed by atoms with Crippen LogP contribution < -0.4 is 10.1 Å². The predicted octanol–water partition coefficient (Wildman–Crippen LogP) is 1.14. The van der Waals surface area contributed by atoms with Crippen molar-refractivity contribution in [2.45, 2.75) is 19.0 Å². The summed E-state index contributed by atoms with van der Waals surface area (Å²) in [5.74, 6) is -2.36. The highest BCUT2D eigenvalue weighted by Gasteiger charge is 2.42. The van der Waals surface area contributed by atoms with E-state index in [1.165, 1.54) is 6.92 Å². The first-order valence-electron chi connectivity index (χ1n) is 4.85. The third-order valence-corrected chi connectivity index (χ3v) is 2.32. The SMILES string of the molecule is Cc1oc(C2CNC2)nc1OC(=O)C(F)(F)F. The second-order valence-corrected chi connectivity index (χ2v) is 3.66. The lowest BCUT2D eigenvalue weighted by atomic mass is 10.0. The van der Waals surface area contributed by atoms with Gasteiger partial charge in [-0.15, -0.1) is 0 Å². The van der Waals surface area contributed by atoms with Gasteiger partial charge in [0.25, 0.3) is 5.88 Å². The quantitative estimate of drug-likeness (QED) is 0.797. The fourth-order valence-corrected chi connectivity index (χ4v) is 1.28. The zero-order valence-corrected chi connectivity index (χ0v) is 8.80. The lowest BCUT2D eigenvalue weighted by Gasteiger charge is -2.23. The van der Waals surface area contributed by atoms with Gasteiger partial charge in [0.1, 0.15) is 0 Å². The summed E-state index contributed by atoms with van der Waals surface area (Å²) in [6, 6.07) is 0. The maximum atomic E-state index is 12.0. The molecule has 1 N–H and O–H groups in total. The minimum Gasteiger partial charge on any atom is -0.441 e. The third-order valence-electron chi connectivity index (χ3n) is 2.32. The molecular formula is C9H9F3N2O3. The number of esters is 1. The van der Waals surface area contributed by atoms with E-state index in [4.69, 9.17) is 4.42 Å². The van der Waals surface area contributed by atoms with Gasteiger partial charge in [-0.3, -0.25) is 0 Å². The number of carbonyl (C=O) groups is 1. The van der Waals surface area contributed by atoms with E-state index in [1.54, 1.807) is 0 Å². The van der Waals surface area contributed by atoms with Gasteiger partial charge in [-0.2, -0.15) is 18.2 Å². The predicted molar refractivity (Wildman–Crippen MR) is 48.5 cm³/mol. The minimum atomic E-state index is -5.04. The van der Waals surface area contributed by atoms with Crippen molar-refractivity contribution in [3.8, 4) is 5.88 Å². The zero-order valence-electron chi connectivity index (χ0n) is 8.80. The Hall–Kier alpha value is -1.57. The zero-order chi connectivity index (χ0) is 12.6. The molecule has 0 amide bonds. The first-order chi connectivity index (χ1) is 7.88. The van der Waals surface area contributed by atoms with Crippen molar-refractivity contribution in [1.29, 1.82) is 0 Å². The smallest absolute Gasteiger partial charge is 0.441 e. The molecule has 8 heteroatoms. The molecule has 1 aliphatic heterocycles. The van der Waals surface area contributed by atoms with Crippen LogP contribution in [0.25, 0.3) is 0 Å². The highest BCUT2D eigenvalue weighted by atomic mass is 19.4. The number of alkyl halides is 3. The van der Waals surface area contributed by atoms with Crippen LogP contribution in [0.1, 0.15) is 17.6 Å². The molecule has 0 aromatic carbocycles. The monoisotopic (exact) mass is 250 g/mol. The molecule has 1 saturated heterocycles. The molecule has 0 saturated carbocycles. The second kappa shape index (κ2) is 4.02. The molecule has 17 heavy (non-hydrogen) atoms. The summed E-state index contributed by atoms with van der Waals surface area (Å²) in [6.07, 6.45) is -5.04. The molecule has 0 atom stereocenters. The Morgan fingerprint density at radius 1 is 1.53 bits per heavy atom. The number of halogens is 3. The number of ether oxygens (including phenoxy) is 1. The maximum absolute atomic E-state index is 12.0. The number of hydrogen-bond donors (Lipinski definition) is 1. The van der Waals surface area contributed by atoms with Crippen molar-refractivity contribution in [2.75, 3.05) is 13.1 Å². The van der Waals surface area contributed by atoms with Crippen molar-refractivity contribution in [3.05, 3.63) is 11.7 Å². The molecule has 94 valence electrons. The molecule has 0 spiro atoms. The largest absolute Gasteiger partial charge is 0.491 e. The standard InChI is InChI=1S/C9H9F3N2O3/c1-4-6(17-8(15)9(10,11)12)14-7(16-4)5-2-13-3-5/h5,13H,2-3H2,1H3. The number of nitrogens with zero attached hydrogens (tertiary/aromatic N) is 1. The molecule has 1 aromatic rings. The Morgan fingerprint density at radius 2 is 2.18 bits per heavy atom. The van der Waals surface area contributed by atoms with Crippen LogP contribution in [0.4, 0.5) is 13.2 Å². The number of oxazole rings is 1. The van der Waals surface area contributed by atoms with Gasteiger partial charge in [-0.1, -0.05) is 0 Å². The minimum absolute atomic E-state index is 0.0204. The summed E-state index contributed by atoms with van der Waals surface area (Å²) in [7, 11) is 0. The molecule has 0 unspecified atom stereocenters. The molecule has 1 fully saturated rings. The molecule has 2 heterocycles. The van der Waals surface area contributed by atoms with E-state index < -0.39 is 18.0 Å². The van der Waals surface area contributed by atoms with Crippen LogP contribution in [0.5, 0.6) is 5.88 Å². The molecule has 1 aromatic heterocycles. The first-order valence-corrected chi connectivity index (χ1v) is 4.85. The van der Waals surface area contributed by atoms with E-state index in [9.17, 15) is 18.0 Å². The molecular weight excluding hydrogens is 241 g/mol. The number of carbonyl (C=O) groups excluding carboxylic acids is 1. The fraction of sp³-hybridized carbons (Fsp3) is 0.556. The van der Waals surface area contributed by atoms with Crippen molar-refractivity contribution in [3.63, 3.8) is 0 Å². The summed E-state index contributed by atoms with van der Waals surface area (Å²) in [4.78, 5) is 14.3. The van der Waals surface area contributed by atoms with Gasteiger partial charge in [0.2, 0.25) is 5.89 Å². The van der Waals surface area contributed by atoms with Gasteiger partial charge >= 0.3 is 12.1 Å². The molecule has 0 radical (unpaired) electrons. The maximum Gasteiger partial charge on any atom is 0.491 e. The highest BCUT2D eigenvalue weighted by Crippen LogP contribution is 2.27. The average Bonchev–Trinajstić information content (AvgIpc) is 2.42. The molecule has 1 aliphatic rings. The van der Waals surface area contributed by atoms with Crippen molar-refractivity contribution < 1.29 is 27.1 Å². The number of hydrogen-bond acceptors (Lipinski definition) is 5. The second-order valence-electron chi connectivity index (χ2n) is 3.66. The summed E-state index contributed by atoms with van der Waals surface area (Å²) in [5, 5.41) is 2.97. The summed E-state index contributed by atoms with van der Waals surface area (Å²) in [5.41, 5.74) is 0. The first kappa shape index (κ1) is 11.9. The average molecular weight is 250 g/mol. The van der Waals surface area contributed by atoms with Gasteiger partial charge in [0.05, 0.1) is 5.92 Å². The number of rotatable bonds is 2. The lowest BCUT2D eigenvalue weighted by Crippen LogP contribution is -2.40. The summed E-state index contributed by atoms with van der Waals surface area (Å²) in [6.45, 7) is 2.68. The van der Waals surface area contributed by atoms with Crippen LogP contribution in [0.15, 0.2) is 4.42 Å². The molecule has 0 aliphatic carbocycles. The highest BCUT2D eigenvalue weighted by molar-refractivity contribution is 5.77. The van der Waals surface area contributed by atoms with Crippen LogP contribution in [0, 0.1) is 6.92 Å². The number of aryl methyl sites for hydroxylation is 1. The fourth-order valence-electron chi connectivity index (χ4n) is 1.28. The number of nitrogens with one attached hydrogen (secondary N) is 1. The van der Waals surface area contributed by atoms with Crippen LogP contribution in [0.3, 0.4) is 0 Å². The van der Waals surface area contributed by atoms with Crippen LogP contribution in [-0.2, 0) is 4.79 Å². The van der Waals surface area contributed by atoms with Crippen molar-refractivity contribution >= 4 is 5.97 Å². The van der Waals surface area contributed by atoms with Gasteiger partial charge < -0.3 is 14.5 Å². The number of aromatic nitrogens is 1. The van der Waals surface area contributed by atoms with Crippen LogP contribution in [0.2, 0.25) is 0 Å². The van der Waals surface area contributed by atoms with Crippen molar-refractivity contribution in [1.82, 2.24) is 10.3 Å². The van der Waals surface area contributed by atoms with Crippen molar-refractivity contribution in [2.24, 2.45) is 0 Å². The Labute approximate surface area is 94.0 Å². The summed E-state index contributed by atoms with van der Waals surface area (Å²) >= 11 is 0. The Bertz CT molecular complexity index is 437. The van der Waals surface area contributed by atoms with Crippen LogP contribution >= 0.6 is 0 Å². The van der Waals surface area contributed by atoms with E-state index in [0.717, 1.165) is 0 Å². The van der Waals surface area contributed by atoms with E-state index >= 15 is 0 Å². The Morgan fingerprint density at radius 3 is 2.65 bits per heavy atom.